The van der Waals surface area contributed by atoms with Gasteiger partial charge in [-0.1, -0.05) is 79.4 Å². The molecule has 1 atom stereocenters. The van der Waals surface area contributed by atoms with Crippen molar-refractivity contribution in [3.8, 4) is 5.75 Å². The summed E-state index contributed by atoms with van der Waals surface area (Å²) in [5, 5.41) is 3.75. The van der Waals surface area contributed by atoms with Crippen molar-refractivity contribution in [1.82, 2.24) is 10.2 Å². The van der Waals surface area contributed by atoms with Gasteiger partial charge in [0.15, 0.2) is 0 Å². The molecule has 10 heteroatoms. The van der Waals surface area contributed by atoms with Gasteiger partial charge < -0.3 is 15.0 Å². The zero-order valence-corrected chi connectivity index (χ0v) is 27.0. The molecule has 4 rings (SSSR count). The maximum Gasteiger partial charge on any atom is 0.243 e. The third-order valence-corrected chi connectivity index (χ3v) is 9.60. The average Bonchev–Trinajstić information content (AvgIpc) is 3.02. The molecule has 2 amide bonds. The van der Waals surface area contributed by atoms with E-state index in [0.717, 1.165) is 49.5 Å². The van der Waals surface area contributed by atoms with E-state index < -0.39 is 16.1 Å². The molecular weight excluding hydrogens is 598 g/mol. The molecule has 0 aliphatic heterocycles. The fourth-order valence-corrected chi connectivity index (χ4v) is 6.82. The van der Waals surface area contributed by atoms with Crippen molar-refractivity contribution in [1.29, 1.82) is 0 Å². The lowest BCUT2D eigenvalue weighted by Gasteiger charge is -2.34. The predicted octanol–water partition coefficient (Wildman–Crippen LogP) is 5.98. The number of anilines is 1. The summed E-state index contributed by atoms with van der Waals surface area (Å²) in [7, 11) is -2.07. The van der Waals surface area contributed by atoms with E-state index >= 15 is 0 Å². The van der Waals surface area contributed by atoms with Crippen molar-refractivity contribution in [2.24, 2.45) is 0 Å². The predicted molar refractivity (Wildman–Crippen MR) is 175 cm³/mol. The number of benzene rings is 3. The minimum absolute atomic E-state index is 0.0502. The monoisotopic (exact) mass is 639 g/mol. The number of hydrogen-bond acceptors (Lipinski definition) is 5. The number of methoxy groups -OCH3 is 1. The number of ether oxygens (including phenoxy) is 1. The van der Waals surface area contributed by atoms with E-state index in [2.05, 4.69) is 5.32 Å². The van der Waals surface area contributed by atoms with Gasteiger partial charge in [0.1, 0.15) is 11.8 Å². The van der Waals surface area contributed by atoms with E-state index in [9.17, 15) is 18.0 Å². The number of hydrogen-bond donors (Lipinski definition) is 1. The van der Waals surface area contributed by atoms with Crippen LogP contribution in [0.3, 0.4) is 0 Å². The Balaban J connectivity index is 1.58. The summed E-state index contributed by atoms with van der Waals surface area (Å²) < 4.78 is 31.9. The van der Waals surface area contributed by atoms with Gasteiger partial charge in [0.05, 0.1) is 19.1 Å². The highest BCUT2D eigenvalue weighted by molar-refractivity contribution is 7.92. The highest BCUT2D eigenvalue weighted by Gasteiger charge is 2.32. The number of carbonyl (C=O) groups is 2. The van der Waals surface area contributed by atoms with E-state index in [4.69, 9.17) is 16.3 Å². The summed E-state index contributed by atoms with van der Waals surface area (Å²) in [6.45, 7) is 0.261. The normalized spacial score (nSPS) is 14.4. The molecule has 1 fully saturated rings. The van der Waals surface area contributed by atoms with Crippen LogP contribution in [0.4, 0.5) is 5.69 Å². The molecule has 0 saturated heterocycles. The SMILES string of the molecule is COc1ccc(N(CCCC(=O)N(Cc2ccccc2Cl)[C@@H](Cc2ccccc2)C(=O)NC2CCCCC2)S(C)(=O)=O)cc1. The summed E-state index contributed by atoms with van der Waals surface area (Å²) in [4.78, 5) is 29.6. The van der Waals surface area contributed by atoms with Crippen molar-refractivity contribution < 1.29 is 22.7 Å². The van der Waals surface area contributed by atoms with Crippen molar-refractivity contribution in [2.75, 3.05) is 24.2 Å². The first-order valence-corrected chi connectivity index (χ1v) is 17.4. The number of halogens is 1. The minimum atomic E-state index is -3.61. The Hall–Kier alpha value is -3.56. The molecule has 44 heavy (non-hydrogen) atoms. The molecule has 0 bridgehead atoms. The van der Waals surface area contributed by atoms with Gasteiger partial charge >= 0.3 is 0 Å². The highest BCUT2D eigenvalue weighted by Crippen LogP contribution is 2.25. The van der Waals surface area contributed by atoms with Crippen LogP contribution in [0, 0.1) is 0 Å². The standard InChI is InChI=1S/C34H42ClN3O5S/c1-43-30-21-19-29(20-22-30)38(44(2,41)42)23-11-18-33(39)37(25-27-14-9-10-17-31(27)35)32(24-26-12-5-3-6-13-26)34(40)36-28-15-7-4-8-16-28/h3,5-6,9-10,12-14,17,19-22,28,32H,4,7-8,11,15-16,18,23-25H2,1-2H3,(H,36,40)/t32-/m0/s1. The van der Waals surface area contributed by atoms with Gasteiger partial charge in [0.2, 0.25) is 21.8 Å². The number of rotatable bonds is 14. The van der Waals surface area contributed by atoms with Gasteiger partial charge in [0.25, 0.3) is 0 Å². The zero-order chi connectivity index (χ0) is 31.5. The number of amides is 2. The lowest BCUT2D eigenvalue weighted by Crippen LogP contribution is -2.53. The van der Waals surface area contributed by atoms with Crippen LogP contribution in [0.25, 0.3) is 0 Å². The van der Waals surface area contributed by atoms with Crippen LogP contribution in [0.1, 0.15) is 56.1 Å². The fraction of sp³-hybridized carbons (Fsp3) is 0.412. The van der Waals surface area contributed by atoms with E-state index in [1.807, 2.05) is 48.5 Å². The van der Waals surface area contributed by atoms with Crippen LogP contribution in [0.15, 0.2) is 78.9 Å². The molecule has 1 saturated carbocycles. The molecule has 0 aromatic heterocycles. The molecule has 1 aliphatic carbocycles. The lowest BCUT2D eigenvalue weighted by molar-refractivity contribution is -0.141. The summed E-state index contributed by atoms with van der Waals surface area (Å²) in [5.41, 5.74) is 2.17. The maximum atomic E-state index is 14.1. The number of nitrogens with zero attached hydrogens (tertiary/aromatic N) is 2. The van der Waals surface area contributed by atoms with E-state index in [1.54, 1.807) is 42.3 Å². The van der Waals surface area contributed by atoms with Crippen molar-refractivity contribution >= 4 is 39.1 Å². The number of sulfonamides is 1. The van der Waals surface area contributed by atoms with Crippen LogP contribution in [-0.2, 0) is 32.6 Å². The second kappa shape index (κ2) is 16.0. The molecule has 3 aromatic rings. The summed E-state index contributed by atoms with van der Waals surface area (Å²) >= 11 is 6.54. The van der Waals surface area contributed by atoms with Crippen molar-refractivity contribution in [3.05, 3.63) is 95.0 Å². The van der Waals surface area contributed by atoms with Gasteiger partial charge in [-0.2, -0.15) is 0 Å². The molecular formula is C34H42ClN3O5S. The van der Waals surface area contributed by atoms with Gasteiger partial charge in [0, 0.05) is 37.0 Å². The van der Waals surface area contributed by atoms with Crippen LogP contribution in [-0.4, -0.2) is 57.1 Å². The Morgan fingerprint density at radius 3 is 2.25 bits per heavy atom. The van der Waals surface area contributed by atoms with E-state index in [0.29, 0.717) is 22.9 Å². The average molecular weight is 640 g/mol. The summed E-state index contributed by atoms with van der Waals surface area (Å²) in [6, 6.07) is 23.1. The highest BCUT2D eigenvalue weighted by atomic mass is 35.5. The molecule has 236 valence electrons. The Labute approximate surface area is 266 Å². The van der Waals surface area contributed by atoms with Crippen LogP contribution in [0.5, 0.6) is 5.75 Å². The molecule has 0 spiro atoms. The minimum Gasteiger partial charge on any atom is -0.497 e. The number of nitrogens with one attached hydrogen (secondary N) is 1. The quantitative estimate of drug-likeness (QED) is 0.234. The first-order valence-electron chi connectivity index (χ1n) is 15.1. The second-order valence-corrected chi connectivity index (χ2v) is 13.6. The first-order chi connectivity index (χ1) is 21.2. The maximum absolute atomic E-state index is 14.1. The molecule has 0 radical (unpaired) electrons. The topological polar surface area (TPSA) is 96.0 Å². The smallest absolute Gasteiger partial charge is 0.243 e. The van der Waals surface area contributed by atoms with Gasteiger partial charge in [-0.3, -0.25) is 13.9 Å². The van der Waals surface area contributed by atoms with Gasteiger partial charge in [-0.25, -0.2) is 8.42 Å². The molecule has 1 aliphatic rings. The molecule has 1 N–H and O–H groups in total. The molecule has 3 aromatic carbocycles. The Morgan fingerprint density at radius 2 is 1.61 bits per heavy atom. The molecule has 0 unspecified atom stereocenters. The summed E-state index contributed by atoms with van der Waals surface area (Å²) in [5.74, 6) is 0.188. The third kappa shape index (κ3) is 9.47. The van der Waals surface area contributed by atoms with Gasteiger partial charge in [-0.05, 0) is 60.7 Å². The van der Waals surface area contributed by atoms with Crippen molar-refractivity contribution in [2.45, 2.75) is 70.0 Å². The first kappa shape index (κ1) is 33.3. The van der Waals surface area contributed by atoms with Crippen molar-refractivity contribution in [3.63, 3.8) is 0 Å². The largest absolute Gasteiger partial charge is 0.497 e. The Kier molecular flexibility index (Phi) is 12.1. The number of carbonyl (C=O) groups excluding carboxylic acids is 2. The third-order valence-electron chi connectivity index (χ3n) is 8.03. The fourth-order valence-electron chi connectivity index (χ4n) is 5.66. The van der Waals surface area contributed by atoms with Crippen LogP contribution in [0.2, 0.25) is 5.02 Å². The molecule has 8 nitrogen and oxygen atoms in total. The van der Waals surface area contributed by atoms with Gasteiger partial charge in [-0.15, -0.1) is 0 Å². The van der Waals surface area contributed by atoms with E-state index in [1.165, 1.54) is 4.31 Å². The van der Waals surface area contributed by atoms with Crippen LogP contribution >= 0.6 is 11.6 Å². The summed E-state index contributed by atoms with van der Waals surface area (Å²) in [6.07, 6.45) is 6.96. The second-order valence-electron chi connectivity index (χ2n) is 11.3. The lowest BCUT2D eigenvalue weighted by atomic mass is 9.94. The Bertz CT molecular complexity index is 1480. The Morgan fingerprint density at radius 1 is 0.955 bits per heavy atom. The zero-order valence-electron chi connectivity index (χ0n) is 25.5. The van der Waals surface area contributed by atoms with E-state index in [-0.39, 0.29) is 43.8 Å². The van der Waals surface area contributed by atoms with Crippen LogP contribution < -0.4 is 14.4 Å². The molecule has 0 heterocycles.